The van der Waals surface area contributed by atoms with Crippen LogP contribution in [0.4, 0.5) is 4.39 Å². The summed E-state index contributed by atoms with van der Waals surface area (Å²) in [5.41, 5.74) is 0. The molecule has 103 valence electrons. The van der Waals surface area contributed by atoms with Gasteiger partial charge in [0.05, 0.1) is 0 Å². The van der Waals surface area contributed by atoms with Crippen LogP contribution >= 0.6 is 0 Å². The Bertz CT molecular complexity index is 626. The Morgan fingerprint density at radius 1 is 0.619 bits per heavy atom. The van der Waals surface area contributed by atoms with Crippen molar-refractivity contribution in [2.24, 2.45) is 0 Å². The van der Waals surface area contributed by atoms with Crippen LogP contribution < -0.4 is 0 Å². The van der Waals surface area contributed by atoms with Crippen LogP contribution in [0.15, 0.2) is 84.9 Å². The summed E-state index contributed by atoms with van der Waals surface area (Å²) in [6.45, 7) is 0. The smallest absolute Gasteiger partial charge is 0.463 e. The molecule has 0 N–H and O–H groups in total. The van der Waals surface area contributed by atoms with E-state index in [0.29, 0.717) is 0 Å². The summed E-state index contributed by atoms with van der Waals surface area (Å²) in [6, 6.07) is 29.3. The van der Waals surface area contributed by atoms with Gasteiger partial charge in [0, 0.05) is 0 Å². The van der Waals surface area contributed by atoms with E-state index in [-0.39, 0.29) is 26.2 Å². The maximum absolute atomic E-state index is 9.25. The molecule has 0 bridgehead atoms. The molecule has 4 aromatic carbocycles. The Morgan fingerprint density at radius 2 is 1.00 bits per heavy atom. The van der Waals surface area contributed by atoms with Crippen LogP contribution in [0.3, 0.4) is 0 Å². The largest absolute Gasteiger partial charge is 3.00 e. The van der Waals surface area contributed by atoms with Gasteiger partial charge in [-0.2, -0.15) is 42.2 Å². The first-order valence-corrected chi connectivity index (χ1v) is 6.41. The number of halogens is 1. The second-order valence-electron chi connectivity index (χ2n) is 4.31. The summed E-state index contributed by atoms with van der Waals surface area (Å²) in [5, 5.41) is 5.32. The van der Waals surface area contributed by atoms with E-state index in [9.17, 15) is 4.39 Å². The van der Waals surface area contributed by atoms with Crippen LogP contribution in [0.2, 0.25) is 0 Å². The summed E-state index contributed by atoms with van der Waals surface area (Å²) < 4.78 is 9.25. The molecule has 0 aliphatic carbocycles. The Labute approximate surface area is 144 Å². The molecule has 0 nitrogen and oxygen atoms in total. The van der Waals surface area contributed by atoms with Crippen molar-refractivity contribution in [3.63, 3.8) is 0 Å². The predicted molar refractivity (Wildman–Crippen MR) is 85.5 cm³/mol. The van der Waals surface area contributed by atoms with E-state index in [0.717, 1.165) is 0 Å². The summed E-state index contributed by atoms with van der Waals surface area (Å²) in [5.74, 6) is 0. The van der Waals surface area contributed by atoms with Crippen LogP contribution in [0, 0.1) is 7.18 Å². The number of benzene rings is 2. The molecule has 0 saturated carbocycles. The zero-order valence-electron chi connectivity index (χ0n) is 11.7. The zero-order chi connectivity index (χ0) is 14.2. The van der Waals surface area contributed by atoms with Gasteiger partial charge in [0.15, 0.2) is 0 Å². The van der Waals surface area contributed by atoms with Crippen molar-refractivity contribution in [3.05, 3.63) is 92.1 Å². The van der Waals surface area contributed by atoms with Crippen molar-refractivity contribution in [2.75, 3.05) is 0 Å². The van der Waals surface area contributed by atoms with Gasteiger partial charge in [-0.15, -0.1) is 59.3 Å². The van der Waals surface area contributed by atoms with E-state index in [1.165, 1.54) is 21.5 Å². The second kappa shape index (κ2) is 9.42. The fourth-order valence-corrected chi connectivity index (χ4v) is 2.14. The standard InChI is InChI=1S/2C9H7.CH2F.Zr/c2*1-2-5-9-7-3-6-8(9)4-1;1-2;/h2*1-7H;1H2;/q3*-1;+3. The maximum atomic E-state index is 9.25. The molecule has 0 heterocycles. The molecule has 0 spiro atoms. The second-order valence-corrected chi connectivity index (χ2v) is 4.31. The quantitative estimate of drug-likeness (QED) is 0.347. The molecule has 4 rings (SSSR count). The van der Waals surface area contributed by atoms with Gasteiger partial charge in [0.1, 0.15) is 0 Å². The van der Waals surface area contributed by atoms with Gasteiger partial charge in [-0.25, -0.2) is 0 Å². The van der Waals surface area contributed by atoms with Gasteiger partial charge >= 0.3 is 26.2 Å². The maximum Gasteiger partial charge on any atom is 3.00 e. The van der Waals surface area contributed by atoms with E-state index >= 15 is 0 Å². The van der Waals surface area contributed by atoms with Crippen molar-refractivity contribution in [2.45, 2.75) is 0 Å². The molecule has 1 radical (unpaired) electrons. The molecule has 0 aliphatic heterocycles. The molecule has 0 unspecified atom stereocenters. The summed E-state index contributed by atoms with van der Waals surface area (Å²) in [7, 11) is 1.75. The summed E-state index contributed by atoms with van der Waals surface area (Å²) in [4.78, 5) is 0. The van der Waals surface area contributed by atoms with Gasteiger partial charge < -0.3 is 4.39 Å². The van der Waals surface area contributed by atoms with E-state index in [1.807, 2.05) is 0 Å². The average Bonchev–Trinajstić information content (AvgIpc) is 3.18. The van der Waals surface area contributed by atoms with Gasteiger partial charge in [-0.1, -0.05) is 12.1 Å². The van der Waals surface area contributed by atoms with E-state index in [1.54, 1.807) is 7.18 Å². The molecular weight excluding hydrogens is 338 g/mol. The molecule has 4 aromatic rings. The Morgan fingerprint density at radius 3 is 1.38 bits per heavy atom. The molecule has 0 atom stereocenters. The number of hydrogen-bond donors (Lipinski definition) is 0. The summed E-state index contributed by atoms with van der Waals surface area (Å²) in [6.07, 6.45) is 0. The van der Waals surface area contributed by atoms with Crippen LogP contribution in [0.5, 0.6) is 0 Å². The van der Waals surface area contributed by atoms with Crippen LogP contribution in [0.25, 0.3) is 21.5 Å². The van der Waals surface area contributed by atoms with Gasteiger partial charge in [-0.05, 0) is 0 Å². The van der Waals surface area contributed by atoms with Crippen molar-refractivity contribution in [1.82, 2.24) is 0 Å². The Kier molecular flexibility index (Phi) is 7.86. The first-order chi connectivity index (χ1) is 9.93. The summed E-state index contributed by atoms with van der Waals surface area (Å²) >= 11 is 0. The van der Waals surface area contributed by atoms with E-state index < -0.39 is 0 Å². The zero-order valence-corrected chi connectivity index (χ0v) is 14.1. The first kappa shape index (κ1) is 17.5. The third kappa shape index (κ3) is 4.75. The van der Waals surface area contributed by atoms with Crippen LogP contribution in [0.1, 0.15) is 0 Å². The fraction of sp³-hybridized carbons (Fsp3) is 0. The van der Waals surface area contributed by atoms with E-state index in [2.05, 4.69) is 84.9 Å². The minimum atomic E-state index is 0. The SMILES string of the molecule is [CH2-]F.[Zr+3].c1ccc2[cH-]ccc2c1.c1ccc2[cH-]ccc2c1. The van der Waals surface area contributed by atoms with Gasteiger partial charge in [-0.3, -0.25) is 0 Å². The van der Waals surface area contributed by atoms with Gasteiger partial charge in [0.25, 0.3) is 0 Å². The molecule has 0 amide bonds. The van der Waals surface area contributed by atoms with Crippen molar-refractivity contribution >= 4 is 21.5 Å². The van der Waals surface area contributed by atoms with Crippen LogP contribution in [-0.4, -0.2) is 0 Å². The monoisotopic (exact) mass is 353 g/mol. The molecule has 21 heavy (non-hydrogen) atoms. The number of hydrogen-bond acceptors (Lipinski definition) is 0. The number of rotatable bonds is 0. The Hall–Kier alpha value is -1.53. The molecule has 0 aliphatic rings. The minimum Gasteiger partial charge on any atom is -0.463 e. The van der Waals surface area contributed by atoms with Crippen molar-refractivity contribution < 1.29 is 30.6 Å². The molecular formula is C19H16FZr. The predicted octanol–water partition coefficient (Wildman–Crippen LogP) is 5.86. The minimum absolute atomic E-state index is 0. The number of fused-ring (bicyclic) bond motifs is 2. The van der Waals surface area contributed by atoms with Crippen LogP contribution in [-0.2, 0) is 26.2 Å². The average molecular weight is 355 g/mol. The van der Waals surface area contributed by atoms with Crippen molar-refractivity contribution in [1.29, 1.82) is 0 Å². The molecule has 0 fully saturated rings. The third-order valence-corrected chi connectivity index (χ3v) is 3.10. The third-order valence-electron chi connectivity index (χ3n) is 3.10. The molecule has 0 saturated heterocycles. The fourth-order valence-electron chi connectivity index (χ4n) is 2.14. The first-order valence-electron chi connectivity index (χ1n) is 6.41. The van der Waals surface area contributed by atoms with Crippen molar-refractivity contribution in [3.8, 4) is 0 Å². The molecule has 2 heteroatoms. The normalized spacial score (nSPS) is 9.05. The topological polar surface area (TPSA) is 0 Å². The van der Waals surface area contributed by atoms with E-state index in [4.69, 9.17) is 0 Å². The Balaban J connectivity index is 0.000000181. The molecule has 0 aromatic heterocycles. The van der Waals surface area contributed by atoms with Gasteiger partial charge in [0.2, 0.25) is 0 Å².